The van der Waals surface area contributed by atoms with E-state index in [0.29, 0.717) is 6.54 Å². The highest BCUT2D eigenvalue weighted by molar-refractivity contribution is 6.07. The van der Waals surface area contributed by atoms with E-state index < -0.39 is 23.3 Å². The Morgan fingerprint density at radius 2 is 2.04 bits per heavy atom. The van der Waals surface area contributed by atoms with E-state index in [-0.39, 0.29) is 18.5 Å². The number of nitrogens with zero attached hydrogens (tertiary/aromatic N) is 2. The summed E-state index contributed by atoms with van der Waals surface area (Å²) in [5.41, 5.74) is 6.11. The summed E-state index contributed by atoms with van der Waals surface area (Å²) >= 11 is 0. The quantitative estimate of drug-likeness (QED) is 0.833. The second kappa shape index (κ2) is 5.51. The van der Waals surface area contributed by atoms with Gasteiger partial charge < -0.3 is 20.9 Å². The second-order valence-electron chi connectivity index (χ2n) is 6.50. The predicted molar refractivity (Wildman–Crippen MR) is 89.5 cm³/mol. The molecule has 4 amide bonds. The molecule has 128 valence electrons. The van der Waals surface area contributed by atoms with Gasteiger partial charge in [0.2, 0.25) is 5.91 Å². The predicted octanol–water partition coefficient (Wildman–Crippen LogP) is 0.652. The van der Waals surface area contributed by atoms with Gasteiger partial charge in [-0.15, -0.1) is 0 Å². The lowest BCUT2D eigenvalue weighted by Crippen LogP contribution is -2.62. The third-order valence-corrected chi connectivity index (χ3v) is 5.26. The minimum atomic E-state index is -1.14. The highest BCUT2D eigenvalue weighted by atomic mass is 16.2. The van der Waals surface area contributed by atoms with E-state index in [1.54, 1.807) is 18.9 Å². The lowest BCUT2D eigenvalue weighted by Gasteiger charge is -2.45. The molecule has 2 aliphatic heterocycles. The van der Waals surface area contributed by atoms with Crippen LogP contribution in [0.2, 0.25) is 0 Å². The molecule has 1 aromatic rings. The van der Waals surface area contributed by atoms with Crippen LogP contribution in [0.3, 0.4) is 0 Å². The number of anilines is 1. The molecule has 0 radical (unpaired) electrons. The summed E-state index contributed by atoms with van der Waals surface area (Å²) < 4.78 is 0. The van der Waals surface area contributed by atoms with Gasteiger partial charge in [-0.3, -0.25) is 9.59 Å². The molecule has 0 unspecified atom stereocenters. The third kappa shape index (κ3) is 2.00. The van der Waals surface area contributed by atoms with Crippen LogP contribution in [0.5, 0.6) is 0 Å². The zero-order chi connectivity index (χ0) is 17.6. The molecule has 3 atom stereocenters. The fourth-order valence-corrected chi connectivity index (χ4v) is 4.12. The number of primary amides is 1. The van der Waals surface area contributed by atoms with E-state index in [9.17, 15) is 14.4 Å². The first-order valence-electron chi connectivity index (χ1n) is 8.05. The Balaban J connectivity index is 2.19. The number of urea groups is 1. The highest BCUT2D eigenvalue weighted by Gasteiger charge is 2.62. The Labute approximate surface area is 140 Å². The number of likely N-dealkylation sites (tertiary alicyclic amines) is 1. The molecule has 1 fully saturated rings. The third-order valence-electron chi connectivity index (χ3n) is 5.26. The van der Waals surface area contributed by atoms with Gasteiger partial charge >= 0.3 is 6.03 Å². The molecule has 0 aliphatic carbocycles. The highest BCUT2D eigenvalue weighted by Crippen LogP contribution is 2.52. The molecule has 2 heterocycles. The van der Waals surface area contributed by atoms with Crippen molar-refractivity contribution in [3.8, 4) is 0 Å². The van der Waals surface area contributed by atoms with Crippen LogP contribution in [0.4, 0.5) is 10.5 Å². The fraction of sp³-hybridized carbons (Fsp3) is 0.471. The Hall–Kier alpha value is -2.57. The average Bonchev–Trinajstić information content (AvgIpc) is 2.88. The minimum absolute atomic E-state index is 0.135. The molecule has 0 bridgehead atoms. The summed E-state index contributed by atoms with van der Waals surface area (Å²) in [6.45, 7) is 4.11. The molecule has 0 aromatic heterocycles. The maximum absolute atomic E-state index is 13.1. The van der Waals surface area contributed by atoms with Crippen LogP contribution in [0.15, 0.2) is 24.3 Å². The summed E-state index contributed by atoms with van der Waals surface area (Å²) in [5, 5.41) is 2.73. The number of likely N-dealkylation sites (N-methyl/N-ethyl adjacent to an activating group) is 1. The molecule has 7 heteroatoms. The molecule has 7 nitrogen and oxygen atoms in total. The van der Waals surface area contributed by atoms with E-state index in [4.69, 9.17) is 5.73 Å². The van der Waals surface area contributed by atoms with Gasteiger partial charge in [-0.05, 0) is 25.5 Å². The Bertz CT molecular complexity index is 720. The van der Waals surface area contributed by atoms with Gasteiger partial charge in [0, 0.05) is 31.7 Å². The van der Waals surface area contributed by atoms with Crippen molar-refractivity contribution in [3.05, 3.63) is 29.8 Å². The van der Waals surface area contributed by atoms with Crippen molar-refractivity contribution in [2.24, 2.45) is 11.7 Å². The number of fused-ring (bicyclic) bond motifs is 3. The van der Waals surface area contributed by atoms with E-state index in [1.807, 2.05) is 31.2 Å². The van der Waals surface area contributed by atoms with Crippen LogP contribution in [-0.4, -0.2) is 48.4 Å². The molecule has 1 aromatic carbocycles. The van der Waals surface area contributed by atoms with Crippen molar-refractivity contribution >= 4 is 23.5 Å². The summed E-state index contributed by atoms with van der Waals surface area (Å²) in [6.07, 6.45) is 0. The molecule has 24 heavy (non-hydrogen) atoms. The number of rotatable bonds is 2. The minimum Gasteiger partial charge on any atom is -0.369 e. The van der Waals surface area contributed by atoms with Crippen LogP contribution in [0.1, 0.15) is 25.3 Å². The van der Waals surface area contributed by atoms with E-state index >= 15 is 0 Å². The zero-order valence-electron chi connectivity index (χ0n) is 14.1. The van der Waals surface area contributed by atoms with Crippen LogP contribution in [0.25, 0.3) is 0 Å². The summed E-state index contributed by atoms with van der Waals surface area (Å²) in [4.78, 5) is 40.7. The largest absolute Gasteiger partial charge is 0.369 e. The number of hydrogen-bond donors (Lipinski definition) is 2. The number of benzene rings is 1. The number of nitrogens with two attached hydrogens (primary N) is 1. The van der Waals surface area contributed by atoms with Gasteiger partial charge in [0.25, 0.3) is 5.91 Å². The van der Waals surface area contributed by atoms with Crippen molar-refractivity contribution in [2.45, 2.75) is 25.3 Å². The first kappa shape index (κ1) is 16.3. The molecule has 3 rings (SSSR count). The maximum atomic E-state index is 13.1. The smallest absolute Gasteiger partial charge is 0.318 e. The summed E-state index contributed by atoms with van der Waals surface area (Å²) in [5.74, 6) is -1.75. The Morgan fingerprint density at radius 3 is 2.67 bits per heavy atom. The van der Waals surface area contributed by atoms with Crippen LogP contribution < -0.4 is 16.0 Å². The molecular weight excluding hydrogens is 308 g/mol. The van der Waals surface area contributed by atoms with Gasteiger partial charge in [-0.1, -0.05) is 18.2 Å². The van der Waals surface area contributed by atoms with Crippen molar-refractivity contribution in [2.75, 3.05) is 25.0 Å². The summed E-state index contributed by atoms with van der Waals surface area (Å²) in [7, 11) is 1.69. The monoisotopic (exact) mass is 330 g/mol. The Morgan fingerprint density at radius 1 is 1.38 bits per heavy atom. The van der Waals surface area contributed by atoms with Crippen LogP contribution in [0, 0.1) is 5.92 Å². The SMILES string of the molecule is CCNC(=O)N1C[C@H](C(N)=O)[C@H]2c3ccccc3N(C)C(=O)[C@]21C. The first-order chi connectivity index (χ1) is 11.3. The molecular formula is C17H22N4O3. The van der Waals surface area contributed by atoms with Crippen LogP contribution in [-0.2, 0) is 9.59 Å². The van der Waals surface area contributed by atoms with E-state index in [1.165, 1.54) is 4.90 Å². The molecule has 2 aliphatic rings. The zero-order valence-corrected chi connectivity index (χ0v) is 14.1. The van der Waals surface area contributed by atoms with Crippen LogP contribution >= 0.6 is 0 Å². The standard InChI is InChI=1S/C17H22N4O3/c1-4-19-16(24)21-9-11(14(18)22)13-10-7-5-6-8-12(10)20(3)15(23)17(13,21)2/h5-8,11,13H,4,9H2,1-3H3,(H2,18,22)(H,19,24)/t11-,13+,17-/m0/s1. The van der Waals surface area contributed by atoms with Gasteiger partial charge in [0.1, 0.15) is 5.54 Å². The average molecular weight is 330 g/mol. The van der Waals surface area contributed by atoms with E-state index in [2.05, 4.69) is 5.32 Å². The van der Waals surface area contributed by atoms with Crippen molar-refractivity contribution in [3.63, 3.8) is 0 Å². The number of para-hydroxylation sites is 1. The Kier molecular flexibility index (Phi) is 3.74. The normalized spacial score (nSPS) is 28.4. The number of carbonyl (C=O) groups is 3. The van der Waals surface area contributed by atoms with Gasteiger partial charge in [0.15, 0.2) is 0 Å². The van der Waals surface area contributed by atoms with E-state index in [0.717, 1.165) is 11.3 Å². The maximum Gasteiger partial charge on any atom is 0.318 e. The van der Waals surface area contributed by atoms with Gasteiger partial charge in [0.05, 0.1) is 5.92 Å². The topological polar surface area (TPSA) is 95.7 Å². The number of carbonyl (C=O) groups excluding carboxylic acids is 3. The van der Waals surface area contributed by atoms with Crippen molar-refractivity contribution < 1.29 is 14.4 Å². The lowest BCUT2D eigenvalue weighted by atomic mass is 9.72. The number of hydrogen-bond acceptors (Lipinski definition) is 3. The molecule has 3 N–H and O–H groups in total. The number of amides is 4. The van der Waals surface area contributed by atoms with Gasteiger partial charge in [-0.2, -0.15) is 0 Å². The second-order valence-corrected chi connectivity index (χ2v) is 6.50. The molecule has 1 saturated heterocycles. The lowest BCUT2D eigenvalue weighted by molar-refractivity contribution is -0.128. The van der Waals surface area contributed by atoms with Crippen molar-refractivity contribution in [1.29, 1.82) is 0 Å². The van der Waals surface area contributed by atoms with Gasteiger partial charge in [-0.25, -0.2) is 4.79 Å². The summed E-state index contributed by atoms with van der Waals surface area (Å²) in [6, 6.07) is 7.12. The molecule has 0 saturated carbocycles. The number of nitrogens with one attached hydrogen (secondary N) is 1. The van der Waals surface area contributed by atoms with Crippen molar-refractivity contribution in [1.82, 2.24) is 10.2 Å². The molecule has 0 spiro atoms. The first-order valence-corrected chi connectivity index (χ1v) is 8.05. The fourth-order valence-electron chi connectivity index (χ4n) is 4.12.